The Labute approximate surface area is 175 Å². The van der Waals surface area contributed by atoms with Crippen LogP contribution in [-0.4, -0.2) is 27.0 Å². The molecule has 0 bridgehead atoms. The molecule has 30 heavy (non-hydrogen) atoms. The first-order chi connectivity index (χ1) is 13.8. The molecule has 1 amide bonds. The van der Waals surface area contributed by atoms with Crippen molar-refractivity contribution in [3.05, 3.63) is 52.8 Å². The summed E-state index contributed by atoms with van der Waals surface area (Å²) in [7, 11) is -4.18. The lowest BCUT2D eigenvalue weighted by molar-refractivity contribution is -0.140. The number of sulfonamides is 1. The van der Waals surface area contributed by atoms with Crippen LogP contribution in [-0.2, 0) is 21.0 Å². The fourth-order valence-corrected chi connectivity index (χ4v) is 3.87. The number of alkyl halides is 3. The lowest BCUT2D eigenvalue weighted by Gasteiger charge is -2.16. The molecule has 2 rings (SSSR count). The number of benzene rings is 2. The standard InChI is InChI=1S/C18H17ClF4N2O4S/c1-3-29-16-7-5-12(9-14(16)19)30(27,28)25-10(2)17(26)24-11-4-6-15(20)13(8-11)18(21,22)23/h4-10,25H,3H2,1-2H3,(H,24,26)/t10-/m0/s1. The molecular formula is C18H17ClF4N2O4S. The number of hydrogen-bond acceptors (Lipinski definition) is 4. The zero-order valence-electron chi connectivity index (χ0n) is 15.7. The van der Waals surface area contributed by atoms with E-state index in [0.29, 0.717) is 18.7 Å². The molecule has 0 radical (unpaired) electrons. The molecule has 0 aromatic heterocycles. The van der Waals surface area contributed by atoms with Gasteiger partial charge in [-0.15, -0.1) is 0 Å². The van der Waals surface area contributed by atoms with Gasteiger partial charge < -0.3 is 10.1 Å². The van der Waals surface area contributed by atoms with Crippen LogP contribution in [0.3, 0.4) is 0 Å². The van der Waals surface area contributed by atoms with E-state index in [0.717, 1.165) is 12.1 Å². The number of halogens is 5. The van der Waals surface area contributed by atoms with Crippen molar-refractivity contribution in [1.29, 1.82) is 0 Å². The summed E-state index contributed by atoms with van der Waals surface area (Å²) in [5.41, 5.74) is -1.90. The van der Waals surface area contributed by atoms with E-state index in [2.05, 4.69) is 10.0 Å². The van der Waals surface area contributed by atoms with Crippen LogP contribution in [0.4, 0.5) is 23.2 Å². The van der Waals surface area contributed by atoms with E-state index < -0.39 is 39.5 Å². The molecule has 0 unspecified atom stereocenters. The summed E-state index contributed by atoms with van der Waals surface area (Å²) in [5, 5.41) is 2.16. The van der Waals surface area contributed by atoms with E-state index in [1.54, 1.807) is 6.92 Å². The van der Waals surface area contributed by atoms with Crippen LogP contribution in [0.5, 0.6) is 5.75 Å². The van der Waals surface area contributed by atoms with Crippen LogP contribution in [0.15, 0.2) is 41.3 Å². The van der Waals surface area contributed by atoms with Crippen LogP contribution in [0.2, 0.25) is 5.02 Å². The van der Waals surface area contributed by atoms with Crippen molar-refractivity contribution < 1.29 is 35.5 Å². The van der Waals surface area contributed by atoms with E-state index in [-0.39, 0.29) is 21.4 Å². The van der Waals surface area contributed by atoms with Gasteiger partial charge in [0.1, 0.15) is 11.6 Å². The van der Waals surface area contributed by atoms with E-state index in [4.69, 9.17) is 16.3 Å². The Morgan fingerprint density at radius 3 is 2.43 bits per heavy atom. The van der Waals surface area contributed by atoms with Crippen molar-refractivity contribution in [2.45, 2.75) is 31.0 Å². The number of anilines is 1. The maximum atomic E-state index is 13.3. The number of amides is 1. The van der Waals surface area contributed by atoms with Crippen molar-refractivity contribution in [2.75, 3.05) is 11.9 Å². The van der Waals surface area contributed by atoms with Gasteiger partial charge in [-0.2, -0.15) is 17.9 Å². The number of ether oxygens (including phenoxy) is 1. The van der Waals surface area contributed by atoms with Crippen molar-refractivity contribution in [2.24, 2.45) is 0 Å². The fourth-order valence-electron chi connectivity index (χ4n) is 2.35. The molecule has 0 fully saturated rings. The minimum absolute atomic E-state index is 0.0443. The van der Waals surface area contributed by atoms with E-state index >= 15 is 0 Å². The second-order valence-corrected chi connectivity index (χ2v) is 8.17. The highest BCUT2D eigenvalue weighted by atomic mass is 35.5. The summed E-state index contributed by atoms with van der Waals surface area (Å²) in [6.07, 6.45) is -4.95. The van der Waals surface area contributed by atoms with Crippen molar-refractivity contribution in [3.63, 3.8) is 0 Å². The van der Waals surface area contributed by atoms with Crippen LogP contribution >= 0.6 is 11.6 Å². The zero-order chi connectivity index (χ0) is 22.7. The van der Waals surface area contributed by atoms with Crippen molar-refractivity contribution in [1.82, 2.24) is 4.72 Å². The maximum absolute atomic E-state index is 13.3. The second kappa shape index (κ2) is 9.19. The molecule has 12 heteroatoms. The zero-order valence-corrected chi connectivity index (χ0v) is 17.3. The fraction of sp³-hybridized carbons (Fsp3) is 0.278. The molecule has 2 N–H and O–H groups in total. The van der Waals surface area contributed by atoms with Gasteiger partial charge in [0.2, 0.25) is 15.9 Å². The summed E-state index contributed by atoms with van der Waals surface area (Å²) in [6.45, 7) is 3.24. The van der Waals surface area contributed by atoms with E-state index in [9.17, 15) is 30.8 Å². The SMILES string of the molecule is CCOc1ccc(S(=O)(=O)N[C@@H](C)C(=O)Nc2ccc(F)c(C(F)(F)F)c2)cc1Cl. The van der Waals surface area contributed by atoms with Gasteiger partial charge >= 0.3 is 6.18 Å². The highest BCUT2D eigenvalue weighted by molar-refractivity contribution is 7.89. The molecule has 0 saturated carbocycles. The van der Waals surface area contributed by atoms with E-state index in [1.165, 1.54) is 19.1 Å². The van der Waals surface area contributed by atoms with Gasteiger partial charge in [0.05, 0.1) is 28.1 Å². The molecule has 1 atom stereocenters. The summed E-state index contributed by atoms with van der Waals surface area (Å²) >= 11 is 5.97. The lowest BCUT2D eigenvalue weighted by Crippen LogP contribution is -2.41. The van der Waals surface area contributed by atoms with Crippen LogP contribution in [0, 0.1) is 5.82 Å². The molecule has 0 aliphatic carbocycles. The predicted molar refractivity (Wildman–Crippen MR) is 102 cm³/mol. The first kappa shape index (κ1) is 23.9. The molecule has 0 saturated heterocycles. The summed E-state index contributed by atoms with van der Waals surface area (Å²) < 4.78 is 83.9. The first-order valence-corrected chi connectivity index (χ1v) is 10.3. The van der Waals surface area contributed by atoms with Gasteiger partial charge in [-0.1, -0.05) is 11.6 Å². The molecule has 2 aromatic rings. The van der Waals surface area contributed by atoms with Crippen LogP contribution in [0.25, 0.3) is 0 Å². The Balaban J connectivity index is 2.14. The molecule has 0 aliphatic heterocycles. The summed E-state index contributed by atoms with van der Waals surface area (Å²) in [4.78, 5) is 12.0. The molecule has 6 nitrogen and oxygen atoms in total. The van der Waals surface area contributed by atoms with Crippen LogP contribution < -0.4 is 14.8 Å². The topological polar surface area (TPSA) is 84.5 Å². The molecule has 0 aliphatic rings. The third-order valence-corrected chi connectivity index (χ3v) is 5.61. The third kappa shape index (κ3) is 5.83. The minimum Gasteiger partial charge on any atom is -0.492 e. The quantitative estimate of drug-likeness (QED) is 0.596. The lowest BCUT2D eigenvalue weighted by atomic mass is 10.1. The Bertz CT molecular complexity index is 1040. The normalized spacial score (nSPS) is 13.0. The molecular weight excluding hydrogens is 452 g/mol. The first-order valence-electron chi connectivity index (χ1n) is 8.47. The number of rotatable bonds is 7. The number of nitrogens with one attached hydrogen (secondary N) is 2. The van der Waals surface area contributed by atoms with Crippen molar-refractivity contribution >= 4 is 33.2 Å². The highest BCUT2D eigenvalue weighted by Crippen LogP contribution is 2.33. The second-order valence-electron chi connectivity index (χ2n) is 6.05. The average Bonchev–Trinajstić information content (AvgIpc) is 2.63. The van der Waals surface area contributed by atoms with Gasteiger partial charge in [0.25, 0.3) is 0 Å². The Morgan fingerprint density at radius 1 is 1.20 bits per heavy atom. The number of carbonyl (C=O) groups excluding carboxylic acids is 1. The summed E-state index contributed by atoms with van der Waals surface area (Å²) in [5.74, 6) is -2.17. The van der Waals surface area contributed by atoms with Gasteiger partial charge in [0, 0.05) is 5.69 Å². The van der Waals surface area contributed by atoms with Gasteiger partial charge in [-0.05, 0) is 50.2 Å². The highest BCUT2D eigenvalue weighted by Gasteiger charge is 2.34. The molecule has 2 aromatic carbocycles. The van der Waals surface area contributed by atoms with Crippen LogP contribution in [0.1, 0.15) is 19.4 Å². The molecule has 0 heterocycles. The number of carbonyl (C=O) groups is 1. The third-order valence-electron chi connectivity index (χ3n) is 3.78. The predicted octanol–water partition coefficient (Wildman–Crippen LogP) is 4.20. The minimum atomic E-state index is -4.95. The van der Waals surface area contributed by atoms with Crippen molar-refractivity contribution in [3.8, 4) is 5.75 Å². The Morgan fingerprint density at radius 2 is 1.87 bits per heavy atom. The largest absolute Gasteiger partial charge is 0.492 e. The Hall–Kier alpha value is -2.37. The van der Waals surface area contributed by atoms with E-state index in [1.807, 2.05) is 0 Å². The monoisotopic (exact) mass is 468 g/mol. The van der Waals surface area contributed by atoms with Gasteiger partial charge in [0.15, 0.2) is 0 Å². The summed E-state index contributed by atoms with van der Waals surface area (Å²) in [6, 6.07) is 4.24. The smallest absolute Gasteiger partial charge is 0.419 e. The number of hydrogen-bond donors (Lipinski definition) is 2. The average molecular weight is 469 g/mol. The van der Waals surface area contributed by atoms with Gasteiger partial charge in [-0.3, -0.25) is 4.79 Å². The Kier molecular flexibility index (Phi) is 7.32. The molecule has 0 spiro atoms. The molecule has 164 valence electrons. The maximum Gasteiger partial charge on any atom is 0.419 e. The van der Waals surface area contributed by atoms with Gasteiger partial charge in [-0.25, -0.2) is 12.8 Å².